The quantitative estimate of drug-likeness (QED) is 0.908. The molecule has 3 heteroatoms. The predicted molar refractivity (Wildman–Crippen MR) is 82.9 cm³/mol. The molecule has 4 fully saturated rings. The van der Waals surface area contributed by atoms with Gasteiger partial charge in [-0.25, -0.2) is 0 Å². The molecule has 1 heterocycles. The molecule has 5 rings (SSSR count). The van der Waals surface area contributed by atoms with Crippen LogP contribution in [0.1, 0.15) is 55.9 Å². The number of carbonyl (C=O) groups excluding carboxylic acids is 1. The fraction of sp³-hybridized carbons (Fsp3) is 0.722. The second-order valence-corrected chi connectivity index (χ2v) is 7.98. The zero-order valence-corrected chi connectivity index (χ0v) is 13.1. The summed E-state index contributed by atoms with van der Waals surface area (Å²) in [6.07, 6.45) is 10.3. The average molecular weight is 286 g/mol. The Kier molecular flexibility index (Phi) is 2.95. The van der Waals surface area contributed by atoms with Gasteiger partial charge >= 0.3 is 0 Å². The zero-order chi connectivity index (χ0) is 14.6. The summed E-state index contributed by atoms with van der Waals surface area (Å²) >= 11 is 0. The van der Waals surface area contributed by atoms with E-state index in [1.54, 1.807) is 0 Å². The van der Waals surface area contributed by atoms with Crippen molar-refractivity contribution in [2.75, 3.05) is 0 Å². The van der Waals surface area contributed by atoms with Crippen LogP contribution in [0.3, 0.4) is 0 Å². The number of carbonyl (C=O) groups is 1. The van der Waals surface area contributed by atoms with Crippen LogP contribution in [0.25, 0.3) is 0 Å². The Balaban J connectivity index is 1.51. The molecule has 1 amide bonds. The summed E-state index contributed by atoms with van der Waals surface area (Å²) in [6, 6.07) is 4.14. The molecule has 4 bridgehead atoms. The number of aryl methyl sites for hydroxylation is 1. The van der Waals surface area contributed by atoms with E-state index in [-0.39, 0.29) is 5.91 Å². The fourth-order valence-electron chi connectivity index (χ4n) is 5.83. The Hall–Kier alpha value is -1.25. The molecule has 4 aliphatic rings. The molecule has 0 radical (unpaired) electrons. The van der Waals surface area contributed by atoms with Crippen molar-refractivity contribution in [2.45, 2.75) is 51.5 Å². The van der Waals surface area contributed by atoms with E-state index in [1.165, 1.54) is 38.5 Å². The van der Waals surface area contributed by atoms with E-state index in [0.717, 1.165) is 23.4 Å². The van der Waals surface area contributed by atoms with Gasteiger partial charge in [0.25, 0.3) is 5.91 Å². The second-order valence-electron chi connectivity index (χ2n) is 7.98. The Morgan fingerprint density at radius 2 is 1.81 bits per heavy atom. The molecule has 0 spiro atoms. The number of hydrogen-bond donors (Lipinski definition) is 1. The predicted octanol–water partition coefficient (Wildman–Crippen LogP) is 3.36. The highest BCUT2D eigenvalue weighted by atomic mass is 16.2. The van der Waals surface area contributed by atoms with E-state index in [0.29, 0.717) is 11.5 Å². The first kappa shape index (κ1) is 13.4. The summed E-state index contributed by atoms with van der Waals surface area (Å²) in [7, 11) is 1.93. The van der Waals surface area contributed by atoms with Gasteiger partial charge < -0.3 is 9.88 Å². The minimum absolute atomic E-state index is 0.0887. The van der Waals surface area contributed by atoms with Gasteiger partial charge in [0, 0.05) is 19.3 Å². The summed E-state index contributed by atoms with van der Waals surface area (Å²) < 4.78 is 1.90. The normalized spacial score (nSPS) is 38.5. The van der Waals surface area contributed by atoms with Gasteiger partial charge in [-0.1, -0.05) is 0 Å². The first-order valence-electron chi connectivity index (χ1n) is 8.48. The third-order valence-electron chi connectivity index (χ3n) is 6.53. The van der Waals surface area contributed by atoms with Gasteiger partial charge in [0.1, 0.15) is 5.69 Å². The van der Waals surface area contributed by atoms with Crippen LogP contribution in [-0.4, -0.2) is 16.5 Å². The molecule has 1 unspecified atom stereocenters. The van der Waals surface area contributed by atoms with Crippen molar-refractivity contribution in [3.8, 4) is 0 Å². The summed E-state index contributed by atoms with van der Waals surface area (Å²) in [5, 5.41) is 3.32. The lowest BCUT2D eigenvalue weighted by Gasteiger charge is -2.59. The molecule has 4 aliphatic carbocycles. The number of amides is 1. The van der Waals surface area contributed by atoms with Crippen LogP contribution < -0.4 is 5.32 Å². The van der Waals surface area contributed by atoms with Crippen LogP contribution >= 0.6 is 0 Å². The van der Waals surface area contributed by atoms with Gasteiger partial charge in [-0.15, -0.1) is 0 Å². The van der Waals surface area contributed by atoms with Crippen LogP contribution in [0.4, 0.5) is 0 Å². The van der Waals surface area contributed by atoms with Crippen LogP contribution in [0.5, 0.6) is 0 Å². The van der Waals surface area contributed by atoms with Crippen LogP contribution in [-0.2, 0) is 7.05 Å². The molecule has 21 heavy (non-hydrogen) atoms. The monoisotopic (exact) mass is 286 g/mol. The van der Waals surface area contributed by atoms with E-state index in [2.05, 4.69) is 12.2 Å². The molecule has 3 nitrogen and oxygen atoms in total. The highest BCUT2D eigenvalue weighted by Gasteiger charge is 2.53. The third kappa shape index (κ3) is 2.13. The minimum Gasteiger partial charge on any atom is -0.348 e. The standard InChI is InChI=1S/C18H26N2O/c1-12(19-17(21)16-4-3-5-20(16)2)18-9-13-6-14(10-18)8-15(7-13)11-18/h3-5,12-15H,6-11H2,1-2H3,(H,19,21). The molecule has 0 saturated heterocycles. The van der Waals surface area contributed by atoms with E-state index in [4.69, 9.17) is 0 Å². The molecule has 0 aromatic carbocycles. The molecule has 1 aromatic heterocycles. The number of aromatic nitrogens is 1. The van der Waals surface area contributed by atoms with E-state index >= 15 is 0 Å². The van der Waals surface area contributed by atoms with Crippen molar-refractivity contribution in [2.24, 2.45) is 30.2 Å². The zero-order valence-electron chi connectivity index (χ0n) is 13.1. The van der Waals surface area contributed by atoms with Crippen molar-refractivity contribution in [1.29, 1.82) is 0 Å². The maximum absolute atomic E-state index is 12.5. The van der Waals surface area contributed by atoms with Crippen molar-refractivity contribution >= 4 is 5.91 Å². The summed E-state index contributed by atoms with van der Waals surface area (Å²) in [5.74, 6) is 2.90. The van der Waals surface area contributed by atoms with E-state index in [1.807, 2.05) is 29.9 Å². The number of nitrogens with one attached hydrogen (secondary N) is 1. The Morgan fingerprint density at radius 1 is 1.24 bits per heavy atom. The van der Waals surface area contributed by atoms with Crippen molar-refractivity contribution in [1.82, 2.24) is 9.88 Å². The molecule has 1 N–H and O–H groups in total. The van der Waals surface area contributed by atoms with Crippen LogP contribution in [0, 0.1) is 23.2 Å². The highest BCUT2D eigenvalue weighted by Crippen LogP contribution is 2.61. The minimum atomic E-state index is 0.0887. The number of rotatable bonds is 3. The Bertz CT molecular complexity index is 524. The van der Waals surface area contributed by atoms with Gasteiger partial charge in [-0.05, 0) is 80.8 Å². The fourth-order valence-corrected chi connectivity index (χ4v) is 5.83. The van der Waals surface area contributed by atoms with Crippen LogP contribution in [0.2, 0.25) is 0 Å². The molecular weight excluding hydrogens is 260 g/mol. The lowest BCUT2D eigenvalue weighted by atomic mass is 9.48. The van der Waals surface area contributed by atoms with Crippen molar-refractivity contribution < 1.29 is 4.79 Å². The summed E-state index contributed by atoms with van der Waals surface area (Å²) in [5.41, 5.74) is 1.15. The molecule has 4 saturated carbocycles. The van der Waals surface area contributed by atoms with E-state index < -0.39 is 0 Å². The maximum atomic E-state index is 12.5. The Morgan fingerprint density at radius 3 is 2.29 bits per heavy atom. The topological polar surface area (TPSA) is 34.0 Å². The first-order chi connectivity index (χ1) is 10.1. The SMILES string of the molecule is CC(NC(=O)c1cccn1C)C12CC3CC(CC(C3)C1)C2. The molecule has 114 valence electrons. The lowest BCUT2D eigenvalue weighted by molar-refractivity contribution is -0.0688. The van der Waals surface area contributed by atoms with Crippen molar-refractivity contribution in [3.63, 3.8) is 0 Å². The number of hydrogen-bond acceptors (Lipinski definition) is 1. The summed E-state index contributed by atoms with van der Waals surface area (Å²) in [6.45, 7) is 2.24. The van der Waals surface area contributed by atoms with Gasteiger partial charge in [-0.2, -0.15) is 0 Å². The summed E-state index contributed by atoms with van der Waals surface area (Å²) in [4.78, 5) is 12.5. The number of nitrogens with zero attached hydrogens (tertiary/aromatic N) is 1. The average Bonchev–Trinajstić information content (AvgIpc) is 2.83. The molecule has 1 aromatic rings. The van der Waals surface area contributed by atoms with Gasteiger partial charge in [0.15, 0.2) is 0 Å². The largest absolute Gasteiger partial charge is 0.348 e. The molecule has 0 aliphatic heterocycles. The van der Waals surface area contributed by atoms with Crippen LogP contribution in [0.15, 0.2) is 18.3 Å². The second kappa shape index (κ2) is 4.62. The molecular formula is C18H26N2O. The first-order valence-corrected chi connectivity index (χ1v) is 8.48. The van der Waals surface area contributed by atoms with E-state index in [9.17, 15) is 4.79 Å². The smallest absolute Gasteiger partial charge is 0.268 e. The van der Waals surface area contributed by atoms with Gasteiger partial charge in [0.2, 0.25) is 0 Å². The van der Waals surface area contributed by atoms with Gasteiger partial charge in [0.05, 0.1) is 0 Å². The molecule has 1 atom stereocenters. The van der Waals surface area contributed by atoms with Crippen molar-refractivity contribution in [3.05, 3.63) is 24.0 Å². The third-order valence-corrected chi connectivity index (χ3v) is 6.53. The van der Waals surface area contributed by atoms with Gasteiger partial charge in [-0.3, -0.25) is 4.79 Å². The Labute approximate surface area is 127 Å². The lowest BCUT2D eigenvalue weighted by Crippen LogP contribution is -2.55. The maximum Gasteiger partial charge on any atom is 0.268 e. The highest BCUT2D eigenvalue weighted by molar-refractivity contribution is 5.92.